The molecule has 196 valence electrons. The van der Waals surface area contributed by atoms with E-state index in [1.165, 1.54) is 16.2 Å². The monoisotopic (exact) mass is 548 g/mol. The summed E-state index contributed by atoms with van der Waals surface area (Å²) in [7, 11) is 3.85. The minimum absolute atomic E-state index is 0.0566. The molecule has 38 heavy (non-hydrogen) atoms. The van der Waals surface area contributed by atoms with Crippen molar-refractivity contribution in [3.8, 4) is 0 Å². The van der Waals surface area contributed by atoms with E-state index in [0.717, 1.165) is 27.7 Å². The molecule has 1 atom stereocenters. The number of aromatic nitrogens is 1. The van der Waals surface area contributed by atoms with E-state index in [1.54, 1.807) is 0 Å². The van der Waals surface area contributed by atoms with Crippen LogP contribution in [0.25, 0.3) is 0 Å². The number of benzene rings is 2. The number of carbonyl (C=O) groups excluding carboxylic acids is 3. The molecule has 2 aromatic heterocycles. The van der Waals surface area contributed by atoms with E-state index in [-0.39, 0.29) is 28.7 Å². The molecule has 0 saturated carbocycles. The summed E-state index contributed by atoms with van der Waals surface area (Å²) in [4.78, 5) is 43.9. The Hall–Kier alpha value is -4.22. The Labute approximate surface area is 228 Å². The van der Waals surface area contributed by atoms with Gasteiger partial charge in [0.1, 0.15) is 10.9 Å². The summed E-state index contributed by atoms with van der Waals surface area (Å²) < 4.78 is 3.99. The molecule has 0 aliphatic carbocycles. The third kappa shape index (κ3) is 6.01. The Bertz CT molecular complexity index is 1400. The smallest absolute Gasteiger partial charge is 0.270 e. The second kappa shape index (κ2) is 11.9. The Morgan fingerprint density at radius 2 is 1.71 bits per heavy atom. The number of rotatable bonds is 10. The third-order valence-electron chi connectivity index (χ3n) is 5.92. The number of nitrogens with zero attached hydrogens (tertiary/aromatic N) is 3. The van der Waals surface area contributed by atoms with Gasteiger partial charge in [-0.25, -0.2) is 0 Å². The maximum atomic E-state index is 14.0. The van der Waals surface area contributed by atoms with E-state index in [1.807, 2.05) is 91.1 Å². The van der Waals surface area contributed by atoms with Crippen LogP contribution in [-0.4, -0.2) is 41.1 Å². The van der Waals surface area contributed by atoms with Crippen molar-refractivity contribution >= 4 is 52.0 Å². The maximum Gasteiger partial charge on any atom is 0.270 e. The predicted molar refractivity (Wildman–Crippen MR) is 151 cm³/mol. The quantitative estimate of drug-likeness (QED) is 0.277. The van der Waals surface area contributed by atoms with Gasteiger partial charge in [-0.3, -0.25) is 14.4 Å². The number of anilines is 2. The van der Waals surface area contributed by atoms with E-state index < -0.39 is 17.9 Å². The lowest BCUT2D eigenvalue weighted by molar-refractivity contribution is -0.126. The Morgan fingerprint density at radius 3 is 2.29 bits per heavy atom. The number of nitrogens with two attached hydrogens (primary N) is 2. The average Bonchev–Trinajstić information content (AvgIpc) is 3.57. The Balaban J connectivity index is 1.76. The number of hydrogen-bond donors (Lipinski definition) is 3. The lowest BCUT2D eigenvalue weighted by Gasteiger charge is -2.31. The highest BCUT2D eigenvalue weighted by Crippen LogP contribution is 2.31. The lowest BCUT2D eigenvalue weighted by atomic mass is 10.0. The van der Waals surface area contributed by atoms with E-state index in [9.17, 15) is 14.4 Å². The zero-order valence-corrected chi connectivity index (χ0v) is 22.6. The molecule has 1 unspecified atom stereocenters. The van der Waals surface area contributed by atoms with Crippen LogP contribution in [0, 0.1) is 0 Å². The molecule has 0 aliphatic rings. The number of amides is 3. The number of primary amides is 1. The SMILES string of the molecule is CN(C)c1ccc(C(C(=O)NCc2ccccc2)N(Cc2cccs2)C(=O)c2snc(C(N)=O)c2N)cc1. The molecular formula is C27H28N6O3S2. The van der Waals surface area contributed by atoms with Crippen LogP contribution in [0.4, 0.5) is 11.4 Å². The van der Waals surface area contributed by atoms with Crippen LogP contribution in [0.3, 0.4) is 0 Å². The first kappa shape index (κ1) is 26.8. The molecule has 4 rings (SSSR count). The van der Waals surface area contributed by atoms with Crippen LogP contribution in [0.5, 0.6) is 0 Å². The summed E-state index contributed by atoms with van der Waals surface area (Å²) in [6.45, 7) is 0.445. The molecule has 5 N–H and O–H groups in total. The van der Waals surface area contributed by atoms with Crippen LogP contribution in [0.1, 0.15) is 42.2 Å². The van der Waals surface area contributed by atoms with Crippen LogP contribution in [-0.2, 0) is 17.9 Å². The highest BCUT2D eigenvalue weighted by atomic mass is 32.1. The van der Waals surface area contributed by atoms with Gasteiger partial charge in [-0.05, 0) is 46.2 Å². The standard InChI is InChI=1S/C27H28N6O3S2/c1-32(2)19-12-10-18(11-13-19)23(26(35)30-15-17-7-4-3-5-8-17)33(16-20-9-6-14-37-20)27(36)24-21(28)22(25(29)34)31-38-24/h3-14,23H,15-16,28H2,1-2H3,(H2,29,34)(H,30,35). The summed E-state index contributed by atoms with van der Waals surface area (Å²) in [6.07, 6.45) is 0. The molecule has 2 aromatic carbocycles. The van der Waals surface area contributed by atoms with Crippen molar-refractivity contribution in [3.63, 3.8) is 0 Å². The third-order valence-corrected chi connectivity index (χ3v) is 7.63. The van der Waals surface area contributed by atoms with Gasteiger partial charge in [0.2, 0.25) is 5.91 Å². The second-order valence-electron chi connectivity index (χ2n) is 8.74. The molecule has 4 aromatic rings. The van der Waals surface area contributed by atoms with Gasteiger partial charge >= 0.3 is 0 Å². The van der Waals surface area contributed by atoms with Gasteiger partial charge in [-0.2, -0.15) is 4.37 Å². The summed E-state index contributed by atoms with van der Waals surface area (Å²) >= 11 is 2.26. The van der Waals surface area contributed by atoms with Gasteiger partial charge in [0.25, 0.3) is 11.8 Å². The Morgan fingerprint density at radius 1 is 1.00 bits per heavy atom. The summed E-state index contributed by atoms with van der Waals surface area (Å²) in [5, 5.41) is 4.89. The summed E-state index contributed by atoms with van der Waals surface area (Å²) in [5.74, 6) is -1.69. The molecule has 2 heterocycles. The van der Waals surface area contributed by atoms with E-state index in [2.05, 4.69) is 9.69 Å². The zero-order valence-electron chi connectivity index (χ0n) is 21.0. The van der Waals surface area contributed by atoms with Gasteiger partial charge in [0.15, 0.2) is 5.69 Å². The lowest BCUT2D eigenvalue weighted by Crippen LogP contribution is -2.43. The molecule has 11 heteroatoms. The predicted octanol–water partition coefficient (Wildman–Crippen LogP) is 3.65. The molecular weight excluding hydrogens is 520 g/mol. The maximum absolute atomic E-state index is 14.0. The number of hydrogen-bond acceptors (Lipinski definition) is 8. The molecule has 0 fully saturated rings. The minimum Gasteiger partial charge on any atom is -0.395 e. The van der Waals surface area contributed by atoms with Gasteiger partial charge in [-0.1, -0.05) is 48.5 Å². The largest absolute Gasteiger partial charge is 0.395 e. The molecule has 3 amide bonds. The minimum atomic E-state index is -0.983. The molecule has 0 bridgehead atoms. The second-order valence-corrected chi connectivity index (χ2v) is 10.5. The molecule has 9 nitrogen and oxygen atoms in total. The van der Waals surface area contributed by atoms with Crippen molar-refractivity contribution in [2.24, 2.45) is 5.73 Å². The van der Waals surface area contributed by atoms with E-state index in [0.29, 0.717) is 12.1 Å². The first-order valence-electron chi connectivity index (χ1n) is 11.7. The Kier molecular flexibility index (Phi) is 8.39. The van der Waals surface area contributed by atoms with E-state index >= 15 is 0 Å². The molecule has 0 radical (unpaired) electrons. The van der Waals surface area contributed by atoms with Gasteiger partial charge in [0, 0.05) is 31.2 Å². The highest BCUT2D eigenvalue weighted by Gasteiger charge is 2.35. The van der Waals surface area contributed by atoms with E-state index in [4.69, 9.17) is 11.5 Å². The first-order chi connectivity index (χ1) is 18.3. The zero-order chi connectivity index (χ0) is 27.2. The van der Waals surface area contributed by atoms with Gasteiger partial charge < -0.3 is 26.6 Å². The van der Waals surface area contributed by atoms with Crippen molar-refractivity contribution in [1.82, 2.24) is 14.6 Å². The average molecular weight is 549 g/mol. The number of carbonyl (C=O) groups is 3. The number of nitrogen functional groups attached to an aromatic ring is 1. The fourth-order valence-electron chi connectivity index (χ4n) is 3.92. The fraction of sp³-hybridized carbons (Fsp3) is 0.185. The first-order valence-corrected chi connectivity index (χ1v) is 13.4. The van der Waals surface area contributed by atoms with Crippen LogP contribution in [0.15, 0.2) is 72.1 Å². The number of thiophene rings is 1. The van der Waals surface area contributed by atoms with Crippen molar-refractivity contribution in [1.29, 1.82) is 0 Å². The normalized spacial score (nSPS) is 11.5. The summed E-state index contributed by atoms with van der Waals surface area (Å²) in [6, 6.07) is 19.8. The highest BCUT2D eigenvalue weighted by molar-refractivity contribution is 7.10. The summed E-state index contributed by atoms with van der Waals surface area (Å²) in [5.41, 5.74) is 13.8. The van der Waals surface area contributed by atoms with Crippen molar-refractivity contribution in [2.75, 3.05) is 24.7 Å². The molecule has 0 saturated heterocycles. The molecule has 0 spiro atoms. The fourth-order valence-corrected chi connectivity index (χ4v) is 5.38. The number of nitrogens with one attached hydrogen (secondary N) is 1. The van der Waals surface area contributed by atoms with Crippen molar-refractivity contribution < 1.29 is 14.4 Å². The van der Waals surface area contributed by atoms with Crippen LogP contribution < -0.4 is 21.7 Å². The topological polar surface area (TPSA) is 135 Å². The van der Waals surface area contributed by atoms with Crippen LogP contribution in [0.2, 0.25) is 0 Å². The van der Waals surface area contributed by atoms with Crippen molar-refractivity contribution in [3.05, 3.63) is 98.7 Å². The molecule has 0 aliphatic heterocycles. The van der Waals surface area contributed by atoms with Gasteiger partial charge in [0.05, 0.1) is 12.2 Å². The van der Waals surface area contributed by atoms with Crippen LogP contribution >= 0.6 is 22.9 Å². The van der Waals surface area contributed by atoms with Crippen molar-refractivity contribution in [2.45, 2.75) is 19.1 Å². The van der Waals surface area contributed by atoms with Gasteiger partial charge in [-0.15, -0.1) is 11.3 Å².